The molecule has 0 saturated carbocycles. The van der Waals surface area contributed by atoms with E-state index in [2.05, 4.69) is 26.0 Å². The van der Waals surface area contributed by atoms with Crippen LogP contribution in [0.4, 0.5) is 4.39 Å². The van der Waals surface area contributed by atoms with Crippen LogP contribution in [0.1, 0.15) is 25.0 Å². The summed E-state index contributed by atoms with van der Waals surface area (Å²) in [5, 5.41) is 0. The maximum absolute atomic E-state index is 13.1. The zero-order chi connectivity index (χ0) is 12.3. The second-order valence-corrected chi connectivity index (χ2v) is 4.97. The van der Waals surface area contributed by atoms with Crippen LogP contribution in [0.15, 0.2) is 48.5 Å². The summed E-state index contributed by atoms with van der Waals surface area (Å²) in [6.07, 6.45) is 0.811. The van der Waals surface area contributed by atoms with Gasteiger partial charge in [0.15, 0.2) is 0 Å². The highest BCUT2D eigenvalue weighted by molar-refractivity contribution is 5.27. The number of hydrogen-bond acceptors (Lipinski definition) is 0. The molecule has 0 aromatic heterocycles. The van der Waals surface area contributed by atoms with E-state index in [1.54, 1.807) is 12.1 Å². The minimum atomic E-state index is -0.171. The van der Waals surface area contributed by atoms with E-state index >= 15 is 0 Å². The number of benzene rings is 2. The molecule has 1 heteroatoms. The van der Waals surface area contributed by atoms with Crippen LogP contribution in [0.2, 0.25) is 0 Å². The summed E-state index contributed by atoms with van der Waals surface area (Å²) < 4.78 is 13.1. The molecular formula is C16H16F. The SMILES string of the molecule is CC(C)(Cc1cccc(F)c1)c1[c]cccc1. The largest absolute Gasteiger partial charge is 0.207 e. The summed E-state index contributed by atoms with van der Waals surface area (Å²) in [6, 6.07) is 18.0. The fraction of sp³-hybridized carbons (Fsp3) is 0.250. The van der Waals surface area contributed by atoms with Gasteiger partial charge in [-0.05, 0) is 41.2 Å². The van der Waals surface area contributed by atoms with Gasteiger partial charge in [-0.3, -0.25) is 0 Å². The Hall–Kier alpha value is -1.63. The van der Waals surface area contributed by atoms with Crippen molar-refractivity contribution < 1.29 is 4.39 Å². The van der Waals surface area contributed by atoms with Gasteiger partial charge in [0.2, 0.25) is 0 Å². The fourth-order valence-electron chi connectivity index (χ4n) is 2.07. The highest BCUT2D eigenvalue weighted by Crippen LogP contribution is 2.27. The van der Waals surface area contributed by atoms with Crippen molar-refractivity contribution in [2.75, 3.05) is 0 Å². The predicted octanol–water partition coefficient (Wildman–Crippen LogP) is 4.15. The first kappa shape index (κ1) is 11.8. The topological polar surface area (TPSA) is 0 Å². The first-order valence-corrected chi connectivity index (χ1v) is 5.79. The monoisotopic (exact) mass is 227 g/mol. The molecule has 0 nitrogen and oxygen atoms in total. The summed E-state index contributed by atoms with van der Waals surface area (Å²) >= 11 is 0. The lowest BCUT2D eigenvalue weighted by atomic mass is 9.79. The number of hydrogen-bond donors (Lipinski definition) is 0. The Balaban J connectivity index is 2.23. The van der Waals surface area contributed by atoms with Gasteiger partial charge in [0, 0.05) is 0 Å². The molecule has 2 rings (SSSR count). The van der Waals surface area contributed by atoms with Crippen molar-refractivity contribution in [2.24, 2.45) is 0 Å². The maximum atomic E-state index is 13.1. The van der Waals surface area contributed by atoms with Crippen LogP contribution < -0.4 is 0 Å². The lowest BCUT2D eigenvalue weighted by Crippen LogP contribution is -2.20. The van der Waals surface area contributed by atoms with Gasteiger partial charge in [0.05, 0.1) is 0 Å². The molecule has 1 radical (unpaired) electrons. The lowest BCUT2D eigenvalue weighted by molar-refractivity contribution is 0.519. The lowest BCUT2D eigenvalue weighted by Gasteiger charge is -2.25. The Labute approximate surface area is 102 Å². The van der Waals surface area contributed by atoms with E-state index < -0.39 is 0 Å². The Morgan fingerprint density at radius 3 is 2.59 bits per heavy atom. The summed E-state index contributed by atoms with van der Waals surface area (Å²) in [7, 11) is 0. The van der Waals surface area contributed by atoms with Crippen molar-refractivity contribution in [1.29, 1.82) is 0 Å². The van der Waals surface area contributed by atoms with Crippen LogP contribution in [0.3, 0.4) is 0 Å². The van der Waals surface area contributed by atoms with Gasteiger partial charge in [-0.25, -0.2) is 4.39 Å². The second-order valence-electron chi connectivity index (χ2n) is 4.97. The van der Waals surface area contributed by atoms with E-state index in [4.69, 9.17) is 0 Å². The molecule has 0 amide bonds. The van der Waals surface area contributed by atoms with Crippen molar-refractivity contribution in [3.63, 3.8) is 0 Å². The molecule has 0 atom stereocenters. The van der Waals surface area contributed by atoms with E-state index in [9.17, 15) is 4.39 Å². The van der Waals surface area contributed by atoms with Crippen LogP contribution in [0, 0.1) is 11.9 Å². The number of rotatable bonds is 3. The molecule has 0 aliphatic heterocycles. The Morgan fingerprint density at radius 1 is 1.12 bits per heavy atom. The summed E-state index contributed by atoms with van der Waals surface area (Å²) in [5.74, 6) is -0.171. The third kappa shape index (κ3) is 2.94. The molecular weight excluding hydrogens is 211 g/mol. The maximum Gasteiger partial charge on any atom is 0.123 e. The van der Waals surface area contributed by atoms with Crippen molar-refractivity contribution in [3.8, 4) is 0 Å². The third-order valence-corrected chi connectivity index (χ3v) is 2.97. The predicted molar refractivity (Wildman–Crippen MR) is 68.4 cm³/mol. The van der Waals surface area contributed by atoms with E-state index in [1.807, 2.05) is 24.3 Å². The summed E-state index contributed by atoms with van der Waals surface area (Å²) in [4.78, 5) is 0. The van der Waals surface area contributed by atoms with Crippen molar-refractivity contribution in [3.05, 3.63) is 71.5 Å². The molecule has 0 bridgehead atoms. The summed E-state index contributed by atoms with van der Waals surface area (Å²) in [5.41, 5.74) is 2.14. The normalized spacial score (nSPS) is 11.5. The smallest absolute Gasteiger partial charge is 0.123 e. The average Bonchev–Trinajstić information content (AvgIpc) is 2.29. The van der Waals surface area contributed by atoms with Crippen molar-refractivity contribution in [2.45, 2.75) is 25.7 Å². The Bertz CT molecular complexity index is 486. The molecule has 0 unspecified atom stereocenters. The van der Waals surface area contributed by atoms with E-state index in [-0.39, 0.29) is 11.2 Å². The van der Waals surface area contributed by atoms with Crippen LogP contribution in [0.25, 0.3) is 0 Å². The van der Waals surface area contributed by atoms with E-state index in [1.165, 1.54) is 6.07 Å². The molecule has 0 aliphatic carbocycles. The van der Waals surface area contributed by atoms with Gasteiger partial charge in [0.1, 0.15) is 5.82 Å². The fourth-order valence-corrected chi connectivity index (χ4v) is 2.07. The highest BCUT2D eigenvalue weighted by Gasteiger charge is 2.21. The van der Waals surface area contributed by atoms with Gasteiger partial charge in [-0.2, -0.15) is 0 Å². The molecule has 0 spiro atoms. The van der Waals surface area contributed by atoms with Gasteiger partial charge in [0.25, 0.3) is 0 Å². The molecule has 87 valence electrons. The molecule has 0 aliphatic rings. The molecule has 0 fully saturated rings. The van der Waals surface area contributed by atoms with Crippen LogP contribution in [-0.4, -0.2) is 0 Å². The minimum absolute atomic E-state index is 0.0327. The molecule has 0 heterocycles. The zero-order valence-corrected chi connectivity index (χ0v) is 10.2. The van der Waals surface area contributed by atoms with Crippen molar-refractivity contribution >= 4 is 0 Å². The first-order chi connectivity index (χ1) is 8.08. The van der Waals surface area contributed by atoms with Crippen LogP contribution in [-0.2, 0) is 11.8 Å². The van der Waals surface area contributed by atoms with Crippen molar-refractivity contribution in [1.82, 2.24) is 0 Å². The Morgan fingerprint density at radius 2 is 1.94 bits per heavy atom. The van der Waals surface area contributed by atoms with Gasteiger partial charge in [-0.1, -0.05) is 50.2 Å². The van der Waals surface area contributed by atoms with E-state index in [0.29, 0.717) is 0 Å². The molecule has 17 heavy (non-hydrogen) atoms. The van der Waals surface area contributed by atoms with Crippen LogP contribution >= 0.6 is 0 Å². The van der Waals surface area contributed by atoms with Gasteiger partial charge < -0.3 is 0 Å². The third-order valence-electron chi connectivity index (χ3n) is 2.97. The van der Waals surface area contributed by atoms with Gasteiger partial charge in [-0.15, -0.1) is 0 Å². The zero-order valence-electron chi connectivity index (χ0n) is 10.2. The highest BCUT2D eigenvalue weighted by atomic mass is 19.1. The second kappa shape index (κ2) is 4.70. The molecule has 0 saturated heterocycles. The minimum Gasteiger partial charge on any atom is -0.207 e. The average molecular weight is 227 g/mol. The quantitative estimate of drug-likeness (QED) is 0.739. The van der Waals surface area contributed by atoms with E-state index in [0.717, 1.165) is 17.5 Å². The number of halogens is 1. The Kier molecular flexibility index (Phi) is 3.28. The molecule has 2 aromatic rings. The summed E-state index contributed by atoms with van der Waals surface area (Å²) in [6.45, 7) is 4.31. The van der Waals surface area contributed by atoms with Gasteiger partial charge >= 0.3 is 0 Å². The standard InChI is InChI=1S/C16H16F/c1-16(2,14-8-4-3-5-9-14)12-13-7-6-10-15(17)11-13/h3-8,10-11H,12H2,1-2H3. The first-order valence-electron chi connectivity index (χ1n) is 5.79. The molecule has 2 aromatic carbocycles. The molecule has 0 N–H and O–H groups in total. The van der Waals surface area contributed by atoms with Crippen LogP contribution in [0.5, 0.6) is 0 Å².